The van der Waals surface area contributed by atoms with Gasteiger partial charge in [0.1, 0.15) is 5.75 Å². The largest absolute Gasteiger partial charge is 0.493 e. The van der Waals surface area contributed by atoms with Crippen LogP contribution in [0.15, 0.2) is 47.0 Å². The molecular weight excluding hydrogens is 474 g/mol. The molecule has 1 atom stereocenters. The Kier molecular flexibility index (Phi) is 8.45. The van der Waals surface area contributed by atoms with Gasteiger partial charge in [0, 0.05) is 11.5 Å². The predicted molar refractivity (Wildman–Crippen MR) is 118 cm³/mol. The number of alkyl halides is 6. The fourth-order valence-corrected chi connectivity index (χ4v) is 3.52. The molecule has 0 aliphatic rings. The molecule has 0 saturated carbocycles. The monoisotopic (exact) mass is 500 g/mol. The Hall–Kier alpha value is -3.04. The SMILES string of the molecule is CCCC[C@H](C)c1nc(-c2ccc(OCCCc3ccc(C(F)(F)F)cc3)c(C(F)(F)F)c2)no1. The van der Waals surface area contributed by atoms with Crippen molar-refractivity contribution in [3.8, 4) is 17.1 Å². The Morgan fingerprint density at radius 3 is 2.29 bits per heavy atom. The third-order valence-corrected chi connectivity index (χ3v) is 5.55. The van der Waals surface area contributed by atoms with E-state index in [0.29, 0.717) is 24.3 Å². The molecule has 0 spiro atoms. The van der Waals surface area contributed by atoms with Crippen LogP contribution in [-0.4, -0.2) is 16.7 Å². The lowest BCUT2D eigenvalue weighted by molar-refractivity contribution is -0.139. The summed E-state index contributed by atoms with van der Waals surface area (Å²) in [4.78, 5) is 4.26. The minimum atomic E-state index is -4.67. The van der Waals surface area contributed by atoms with Gasteiger partial charge in [-0.15, -0.1) is 0 Å². The summed E-state index contributed by atoms with van der Waals surface area (Å²) in [5.74, 6) is 0.118. The molecule has 0 aliphatic heterocycles. The van der Waals surface area contributed by atoms with Gasteiger partial charge in [0.2, 0.25) is 11.7 Å². The van der Waals surface area contributed by atoms with Crippen molar-refractivity contribution >= 4 is 0 Å². The highest BCUT2D eigenvalue weighted by Crippen LogP contribution is 2.39. The van der Waals surface area contributed by atoms with Crippen molar-refractivity contribution in [1.82, 2.24) is 10.1 Å². The highest BCUT2D eigenvalue weighted by Gasteiger charge is 2.35. The highest BCUT2D eigenvalue weighted by atomic mass is 19.4. The van der Waals surface area contributed by atoms with Crippen LogP contribution in [0.1, 0.15) is 68.0 Å². The van der Waals surface area contributed by atoms with Crippen molar-refractivity contribution in [3.63, 3.8) is 0 Å². The van der Waals surface area contributed by atoms with Crippen LogP contribution in [0.25, 0.3) is 11.4 Å². The van der Waals surface area contributed by atoms with E-state index in [1.54, 1.807) is 0 Å². The van der Waals surface area contributed by atoms with E-state index in [-0.39, 0.29) is 29.7 Å². The minimum Gasteiger partial charge on any atom is -0.493 e. The van der Waals surface area contributed by atoms with Gasteiger partial charge in [0.25, 0.3) is 0 Å². The van der Waals surface area contributed by atoms with E-state index in [1.807, 2.05) is 6.92 Å². The van der Waals surface area contributed by atoms with Gasteiger partial charge in [-0.1, -0.05) is 44.0 Å². The lowest BCUT2D eigenvalue weighted by Crippen LogP contribution is -2.10. The average molecular weight is 500 g/mol. The molecule has 1 aromatic heterocycles. The molecule has 4 nitrogen and oxygen atoms in total. The van der Waals surface area contributed by atoms with Gasteiger partial charge in [-0.05, 0) is 55.2 Å². The predicted octanol–water partition coefficient (Wildman–Crippen LogP) is 8.08. The lowest BCUT2D eigenvalue weighted by Gasteiger charge is -2.15. The van der Waals surface area contributed by atoms with Crippen LogP contribution in [-0.2, 0) is 18.8 Å². The molecule has 0 fully saturated rings. The Bertz CT molecular complexity index is 1090. The van der Waals surface area contributed by atoms with E-state index in [0.717, 1.165) is 37.5 Å². The second-order valence-corrected chi connectivity index (χ2v) is 8.35. The Morgan fingerprint density at radius 2 is 1.66 bits per heavy atom. The van der Waals surface area contributed by atoms with Gasteiger partial charge >= 0.3 is 12.4 Å². The molecule has 2 aromatic carbocycles. The summed E-state index contributed by atoms with van der Waals surface area (Å²) in [6.07, 6.45) is -5.58. The number of unbranched alkanes of at least 4 members (excludes halogenated alkanes) is 1. The number of aryl methyl sites for hydroxylation is 1. The third-order valence-electron chi connectivity index (χ3n) is 5.55. The summed E-state index contributed by atoms with van der Waals surface area (Å²) >= 11 is 0. The van der Waals surface area contributed by atoms with E-state index in [4.69, 9.17) is 9.26 Å². The maximum atomic E-state index is 13.7. The molecule has 3 aromatic rings. The van der Waals surface area contributed by atoms with Gasteiger partial charge in [-0.25, -0.2) is 0 Å². The number of nitrogens with zero attached hydrogens (tertiary/aromatic N) is 2. The first-order chi connectivity index (χ1) is 16.5. The zero-order valence-corrected chi connectivity index (χ0v) is 19.3. The maximum Gasteiger partial charge on any atom is 0.419 e. The molecule has 0 radical (unpaired) electrons. The van der Waals surface area contributed by atoms with Crippen molar-refractivity contribution in [2.75, 3.05) is 6.61 Å². The summed E-state index contributed by atoms with van der Waals surface area (Å²) < 4.78 is 89.6. The van der Waals surface area contributed by atoms with Crippen LogP contribution in [0.4, 0.5) is 26.3 Å². The summed E-state index contributed by atoms with van der Waals surface area (Å²) in [7, 11) is 0. The van der Waals surface area contributed by atoms with Crippen LogP contribution in [0.5, 0.6) is 5.75 Å². The molecule has 0 N–H and O–H groups in total. The van der Waals surface area contributed by atoms with Crippen molar-refractivity contribution in [2.24, 2.45) is 0 Å². The van der Waals surface area contributed by atoms with Gasteiger partial charge in [0.05, 0.1) is 17.7 Å². The summed E-state index contributed by atoms with van der Waals surface area (Å²) in [5.41, 5.74) is -0.923. The number of rotatable bonds is 10. The first-order valence-corrected chi connectivity index (χ1v) is 11.3. The van der Waals surface area contributed by atoms with Crippen LogP contribution >= 0.6 is 0 Å². The molecular formula is C25H26F6N2O2. The first-order valence-electron chi connectivity index (χ1n) is 11.3. The zero-order valence-electron chi connectivity index (χ0n) is 19.3. The molecule has 190 valence electrons. The number of halogens is 6. The van der Waals surface area contributed by atoms with Crippen LogP contribution in [0, 0.1) is 0 Å². The summed E-state index contributed by atoms with van der Waals surface area (Å²) in [6.45, 7) is 3.95. The Morgan fingerprint density at radius 1 is 0.943 bits per heavy atom. The van der Waals surface area contributed by atoms with Crippen LogP contribution in [0.3, 0.4) is 0 Å². The first kappa shape index (κ1) is 26.6. The topological polar surface area (TPSA) is 48.2 Å². The second-order valence-electron chi connectivity index (χ2n) is 8.35. The summed E-state index contributed by atoms with van der Waals surface area (Å²) in [6, 6.07) is 8.23. The Labute approximate surface area is 199 Å². The van der Waals surface area contributed by atoms with Gasteiger partial charge in [0.15, 0.2) is 0 Å². The fourth-order valence-electron chi connectivity index (χ4n) is 3.52. The van der Waals surface area contributed by atoms with Crippen LogP contribution < -0.4 is 4.74 Å². The van der Waals surface area contributed by atoms with Gasteiger partial charge < -0.3 is 9.26 Å². The van der Waals surface area contributed by atoms with Crippen molar-refractivity contribution in [3.05, 3.63) is 65.0 Å². The normalized spacial score (nSPS) is 13.1. The van der Waals surface area contributed by atoms with Crippen molar-refractivity contribution in [2.45, 2.75) is 64.2 Å². The van der Waals surface area contributed by atoms with E-state index >= 15 is 0 Å². The zero-order chi connectivity index (χ0) is 25.6. The number of benzene rings is 2. The lowest BCUT2D eigenvalue weighted by atomic mass is 10.0. The van der Waals surface area contributed by atoms with E-state index in [9.17, 15) is 26.3 Å². The molecule has 3 rings (SSSR count). The summed E-state index contributed by atoms with van der Waals surface area (Å²) in [5, 5.41) is 3.83. The van der Waals surface area contributed by atoms with Crippen molar-refractivity contribution in [1.29, 1.82) is 0 Å². The number of ether oxygens (including phenoxy) is 1. The standard InChI is InChI=1S/C25H26F6N2O2/c1-3-4-6-16(2)23-32-22(33-35-23)18-10-13-21(20(15-18)25(29,30)31)34-14-5-7-17-8-11-19(12-9-17)24(26,27)28/h8-13,15-16H,3-7,14H2,1-2H3/t16-/m0/s1. The average Bonchev–Trinajstić information content (AvgIpc) is 3.30. The second kappa shape index (κ2) is 11.1. The molecule has 10 heteroatoms. The molecule has 0 unspecified atom stereocenters. The molecule has 0 saturated heterocycles. The maximum absolute atomic E-state index is 13.7. The van der Waals surface area contributed by atoms with E-state index in [2.05, 4.69) is 17.1 Å². The van der Waals surface area contributed by atoms with Crippen molar-refractivity contribution < 1.29 is 35.6 Å². The molecule has 1 heterocycles. The third kappa shape index (κ3) is 7.22. The quantitative estimate of drug-likeness (QED) is 0.209. The molecule has 0 aliphatic carbocycles. The number of aromatic nitrogens is 2. The van der Waals surface area contributed by atoms with Gasteiger partial charge in [-0.3, -0.25) is 0 Å². The number of hydrogen-bond donors (Lipinski definition) is 0. The Balaban J connectivity index is 1.66. The van der Waals surface area contributed by atoms with Gasteiger partial charge in [-0.2, -0.15) is 31.3 Å². The molecule has 0 amide bonds. The minimum absolute atomic E-state index is 0.00515. The molecule has 35 heavy (non-hydrogen) atoms. The smallest absolute Gasteiger partial charge is 0.419 e. The highest BCUT2D eigenvalue weighted by molar-refractivity contribution is 5.59. The number of hydrogen-bond acceptors (Lipinski definition) is 4. The molecule has 0 bridgehead atoms. The van der Waals surface area contributed by atoms with E-state index < -0.39 is 23.5 Å². The van der Waals surface area contributed by atoms with E-state index in [1.165, 1.54) is 24.3 Å². The fraction of sp³-hybridized carbons (Fsp3) is 0.440. The van der Waals surface area contributed by atoms with Crippen LogP contribution in [0.2, 0.25) is 0 Å².